The number of halogens is 1. The maximum atomic E-state index is 12.3. The number of benzene rings is 2. The van der Waals surface area contributed by atoms with Crippen molar-refractivity contribution in [3.8, 4) is 5.75 Å². The molecule has 0 saturated heterocycles. The van der Waals surface area contributed by atoms with Crippen LogP contribution in [0.1, 0.15) is 36.7 Å². The largest absolute Gasteiger partial charge is 0.484 e. The van der Waals surface area contributed by atoms with Gasteiger partial charge in [0.15, 0.2) is 12.4 Å². The van der Waals surface area contributed by atoms with Crippen LogP contribution in [0.5, 0.6) is 5.75 Å². The van der Waals surface area contributed by atoms with Crippen LogP contribution >= 0.6 is 11.6 Å². The van der Waals surface area contributed by atoms with E-state index in [1.165, 1.54) is 0 Å². The molecule has 0 unspecified atom stereocenters. The highest BCUT2D eigenvalue weighted by molar-refractivity contribution is 6.30. The van der Waals surface area contributed by atoms with E-state index >= 15 is 0 Å². The van der Waals surface area contributed by atoms with Gasteiger partial charge in [0.2, 0.25) is 0 Å². The zero-order chi connectivity index (χ0) is 17.7. The van der Waals surface area contributed by atoms with Gasteiger partial charge in [0.05, 0.1) is 0 Å². The van der Waals surface area contributed by atoms with Crippen LogP contribution in [0, 0.1) is 0 Å². The topological polar surface area (TPSA) is 55.4 Å². The molecule has 2 rings (SSSR count). The third-order valence-electron chi connectivity index (χ3n) is 3.11. The fourth-order valence-electron chi connectivity index (χ4n) is 2.07. The monoisotopic (exact) mass is 345 g/mol. The number of amides is 1. The van der Waals surface area contributed by atoms with Gasteiger partial charge in [-0.15, -0.1) is 0 Å². The first-order valence-corrected chi connectivity index (χ1v) is 7.96. The summed E-state index contributed by atoms with van der Waals surface area (Å²) in [6.45, 7) is 5.65. The third-order valence-corrected chi connectivity index (χ3v) is 3.36. The maximum Gasteiger partial charge on any atom is 0.258 e. The van der Waals surface area contributed by atoms with Crippen LogP contribution in [-0.2, 0) is 4.79 Å². The second kappa shape index (κ2) is 7.49. The summed E-state index contributed by atoms with van der Waals surface area (Å²) >= 11 is 5.82. The molecule has 126 valence electrons. The summed E-state index contributed by atoms with van der Waals surface area (Å²) in [5.74, 6) is 0.249. The molecule has 0 bridgehead atoms. The Hall–Kier alpha value is -2.33. The Morgan fingerprint density at radius 2 is 1.46 bits per heavy atom. The Balaban J connectivity index is 1.96. The Morgan fingerprint density at radius 3 is 1.96 bits per heavy atom. The summed E-state index contributed by atoms with van der Waals surface area (Å²) in [7, 11) is 0. The lowest BCUT2D eigenvalue weighted by Crippen LogP contribution is -2.43. The number of ketones is 1. The molecule has 0 aliphatic rings. The number of rotatable bonds is 5. The fraction of sp³-hybridized carbons (Fsp3) is 0.263. The quantitative estimate of drug-likeness (QED) is 0.837. The number of hydrogen-bond donors (Lipinski definition) is 1. The second-order valence-electron chi connectivity index (χ2n) is 6.45. The van der Waals surface area contributed by atoms with Crippen molar-refractivity contribution in [3.05, 3.63) is 64.7 Å². The van der Waals surface area contributed by atoms with E-state index in [2.05, 4.69) is 5.32 Å². The highest BCUT2D eigenvalue weighted by atomic mass is 35.5. The number of hydrogen-bond acceptors (Lipinski definition) is 3. The molecule has 0 aliphatic heterocycles. The van der Waals surface area contributed by atoms with E-state index < -0.39 is 0 Å². The Morgan fingerprint density at radius 1 is 0.958 bits per heavy atom. The zero-order valence-electron chi connectivity index (χ0n) is 13.9. The molecule has 5 heteroatoms. The van der Waals surface area contributed by atoms with Crippen molar-refractivity contribution in [2.45, 2.75) is 26.3 Å². The Kier molecular flexibility index (Phi) is 5.62. The van der Waals surface area contributed by atoms with Gasteiger partial charge < -0.3 is 10.1 Å². The summed E-state index contributed by atoms with van der Waals surface area (Å²) in [6, 6.07) is 13.4. The number of nitrogens with one attached hydrogen (secondary N) is 1. The van der Waals surface area contributed by atoms with Crippen LogP contribution < -0.4 is 10.1 Å². The average Bonchev–Trinajstić information content (AvgIpc) is 2.52. The van der Waals surface area contributed by atoms with Gasteiger partial charge in [0.25, 0.3) is 5.91 Å². The molecule has 1 N–H and O–H groups in total. The van der Waals surface area contributed by atoms with Crippen LogP contribution in [0.4, 0.5) is 0 Å². The molecule has 0 atom stereocenters. The molecular weight excluding hydrogens is 326 g/mol. The molecule has 2 aromatic rings. The summed E-state index contributed by atoms with van der Waals surface area (Å²) < 4.78 is 5.43. The summed E-state index contributed by atoms with van der Waals surface area (Å²) in [6.07, 6.45) is 0. The highest BCUT2D eigenvalue weighted by Crippen LogP contribution is 2.17. The minimum absolute atomic E-state index is 0.0677. The third kappa shape index (κ3) is 5.39. The maximum absolute atomic E-state index is 12.3. The molecule has 0 radical (unpaired) electrons. The first kappa shape index (κ1) is 18.0. The van der Waals surface area contributed by atoms with E-state index in [9.17, 15) is 9.59 Å². The van der Waals surface area contributed by atoms with Crippen molar-refractivity contribution in [1.82, 2.24) is 5.32 Å². The van der Waals surface area contributed by atoms with Gasteiger partial charge in [-0.25, -0.2) is 0 Å². The summed E-state index contributed by atoms with van der Waals surface area (Å²) in [5.41, 5.74) is 0.816. The predicted molar refractivity (Wildman–Crippen MR) is 94.7 cm³/mol. The smallest absolute Gasteiger partial charge is 0.258 e. The van der Waals surface area contributed by atoms with Gasteiger partial charge in [0, 0.05) is 21.7 Å². The van der Waals surface area contributed by atoms with E-state index in [0.717, 1.165) is 0 Å². The predicted octanol–water partition coefficient (Wildman–Crippen LogP) is 3.86. The van der Waals surface area contributed by atoms with Gasteiger partial charge in [-0.3, -0.25) is 9.59 Å². The molecule has 0 aromatic heterocycles. The van der Waals surface area contributed by atoms with E-state index in [-0.39, 0.29) is 23.8 Å². The SMILES string of the molecule is CC(C)(C)NC(=O)COc1ccc(C(=O)c2ccc(Cl)cc2)cc1. The van der Waals surface area contributed by atoms with Gasteiger partial charge >= 0.3 is 0 Å². The van der Waals surface area contributed by atoms with Crippen molar-refractivity contribution in [3.63, 3.8) is 0 Å². The minimum Gasteiger partial charge on any atom is -0.484 e. The van der Waals surface area contributed by atoms with Gasteiger partial charge in [-0.05, 0) is 69.3 Å². The van der Waals surface area contributed by atoms with E-state index in [1.54, 1.807) is 48.5 Å². The molecule has 4 nitrogen and oxygen atoms in total. The second-order valence-corrected chi connectivity index (χ2v) is 6.88. The Bertz CT molecular complexity index is 716. The average molecular weight is 346 g/mol. The zero-order valence-corrected chi connectivity index (χ0v) is 14.7. The van der Waals surface area contributed by atoms with Gasteiger partial charge in [-0.2, -0.15) is 0 Å². The molecule has 2 aromatic carbocycles. The van der Waals surface area contributed by atoms with Crippen molar-refractivity contribution in [1.29, 1.82) is 0 Å². The Labute approximate surface area is 146 Å². The van der Waals surface area contributed by atoms with Gasteiger partial charge in [0.1, 0.15) is 5.75 Å². The van der Waals surface area contributed by atoms with Crippen LogP contribution in [0.3, 0.4) is 0 Å². The van der Waals surface area contributed by atoms with Crippen molar-refractivity contribution >= 4 is 23.3 Å². The fourth-order valence-corrected chi connectivity index (χ4v) is 2.20. The molecule has 0 heterocycles. The number of carbonyl (C=O) groups is 2. The lowest BCUT2D eigenvalue weighted by molar-refractivity contribution is -0.124. The van der Waals surface area contributed by atoms with E-state index in [1.807, 2.05) is 20.8 Å². The summed E-state index contributed by atoms with van der Waals surface area (Å²) in [4.78, 5) is 24.1. The molecule has 0 spiro atoms. The molecule has 1 amide bonds. The summed E-state index contributed by atoms with van der Waals surface area (Å²) in [5, 5.41) is 3.40. The van der Waals surface area contributed by atoms with Crippen molar-refractivity contribution < 1.29 is 14.3 Å². The first-order chi connectivity index (χ1) is 11.2. The highest BCUT2D eigenvalue weighted by Gasteiger charge is 2.14. The minimum atomic E-state index is -0.296. The van der Waals surface area contributed by atoms with Crippen LogP contribution in [-0.4, -0.2) is 23.8 Å². The van der Waals surface area contributed by atoms with Crippen LogP contribution in [0.25, 0.3) is 0 Å². The lowest BCUT2D eigenvalue weighted by Gasteiger charge is -2.20. The van der Waals surface area contributed by atoms with E-state index in [4.69, 9.17) is 16.3 Å². The van der Waals surface area contributed by atoms with E-state index in [0.29, 0.717) is 21.9 Å². The first-order valence-electron chi connectivity index (χ1n) is 7.59. The molecule has 24 heavy (non-hydrogen) atoms. The van der Waals surface area contributed by atoms with Gasteiger partial charge in [-0.1, -0.05) is 11.6 Å². The molecule has 0 aliphatic carbocycles. The standard InChI is InChI=1S/C19H20ClNO3/c1-19(2,3)21-17(22)12-24-16-10-6-14(7-11-16)18(23)13-4-8-15(20)9-5-13/h4-11H,12H2,1-3H3,(H,21,22). The van der Waals surface area contributed by atoms with Crippen LogP contribution in [0.2, 0.25) is 5.02 Å². The number of carbonyl (C=O) groups excluding carboxylic acids is 2. The van der Waals surface area contributed by atoms with Crippen molar-refractivity contribution in [2.75, 3.05) is 6.61 Å². The van der Waals surface area contributed by atoms with Crippen LogP contribution in [0.15, 0.2) is 48.5 Å². The molecular formula is C19H20ClNO3. The lowest BCUT2D eigenvalue weighted by atomic mass is 10.0. The molecule has 0 saturated carbocycles. The van der Waals surface area contributed by atoms with Crippen molar-refractivity contribution in [2.24, 2.45) is 0 Å². The molecule has 0 fully saturated rings. The normalized spacial score (nSPS) is 11.0. The number of ether oxygens (including phenoxy) is 1.